The summed E-state index contributed by atoms with van der Waals surface area (Å²) in [6.07, 6.45) is 5.03. The van der Waals surface area contributed by atoms with Gasteiger partial charge >= 0.3 is 0 Å². The van der Waals surface area contributed by atoms with Gasteiger partial charge in [0.2, 0.25) is 0 Å². The van der Waals surface area contributed by atoms with Crippen LogP contribution in [0, 0.1) is 5.92 Å². The van der Waals surface area contributed by atoms with E-state index in [-0.39, 0.29) is 0 Å². The van der Waals surface area contributed by atoms with Gasteiger partial charge in [0, 0.05) is 32.3 Å². The number of nitrogens with zero attached hydrogens (tertiary/aromatic N) is 1. The molecule has 17 heavy (non-hydrogen) atoms. The Morgan fingerprint density at radius 2 is 2.00 bits per heavy atom. The van der Waals surface area contributed by atoms with Crippen LogP contribution in [0.3, 0.4) is 0 Å². The predicted octanol–water partition coefficient (Wildman–Crippen LogP) is 2.12. The summed E-state index contributed by atoms with van der Waals surface area (Å²) in [5.74, 6) is 0.773. The fourth-order valence-corrected chi connectivity index (χ4v) is 2.66. The largest absolute Gasteiger partial charge is 0.385 e. The number of nitrogens with one attached hydrogen (secondary N) is 1. The van der Waals surface area contributed by atoms with Crippen LogP contribution in [0.5, 0.6) is 0 Å². The molecule has 1 saturated heterocycles. The SMILES string of the molecule is COCCCCCNC1CC(C)N(C)CC1C. The van der Waals surface area contributed by atoms with E-state index in [2.05, 4.69) is 31.1 Å². The topological polar surface area (TPSA) is 24.5 Å². The molecule has 0 bridgehead atoms. The standard InChI is InChI=1S/C14H30N2O/c1-12-11-16(3)13(2)10-14(12)15-8-6-5-7-9-17-4/h12-15H,5-11H2,1-4H3. The van der Waals surface area contributed by atoms with E-state index in [4.69, 9.17) is 4.74 Å². The maximum atomic E-state index is 5.06. The number of hydrogen-bond donors (Lipinski definition) is 1. The molecule has 3 heteroatoms. The summed E-state index contributed by atoms with van der Waals surface area (Å²) in [5, 5.41) is 3.73. The van der Waals surface area contributed by atoms with E-state index in [1.807, 2.05) is 0 Å². The summed E-state index contributed by atoms with van der Waals surface area (Å²) in [7, 11) is 4.02. The highest BCUT2D eigenvalue weighted by atomic mass is 16.5. The van der Waals surface area contributed by atoms with Gasteiger partial charge < -0.3 is 15.0 Å². The van der Waals surface area contributed by atoms with E-state index in [0.29, 0.717) is 6.04 Å². The minimum absolute atomic E-state index is 0.712. The van der Waals surface area contributed by atoms with Gasteiger partial charge in [-0.1, -0.05) is 6.92 Å². The lowest BCUT2D eigenvalue weighted by molar-refractivity contribution is 0.121. The van der Waals surface area contributed by atoms with Gasteiger partial charge in [-0.3, -0.25) is 0 Å². The Morgan fingerprint density at radius 1 is 1.24 bits per heavy atom. The first-order chi connectivity index (χ1) is 8.15. The highest BCUT2D eigenvalue weighted by Crippen LogP contribution is 2.20. The van der Waals surface area contributed by atoms with Crippen molar-refractivity contribution >= 4 is 0 Å². The molecule has 3 atom stereocenters. The molecule has 0 spiro atoms. The van der Waals surface area contributed by atoms with E-state index in [0.717, 1.165) is 25.1 Å². The first-order valence-corrected chi connectivity index (χ1v) is 7.07. The molecule has 1 aliphatic rings. The van der Waals surface area contributed by atoms with Crippen molar-refractivity contribution < 1.29 is 4.74 Å². The fraction of sp³-hybridized carbons (Fsp3) is 1.00. The van der Waals surface area contributed by atoms with Crippen molar-refractivity contribution in [2.45, 2.75) is 51.6 Å². The lowest BCUT2D eigenvalue weighted by Crippen LogP contribution is -2.51. The van der Waals surface area contributed by atoms with Gasteiger partial charge in [0.05, 0.1) is 0 Å². The molecule has 3 unspecified atom stereocenters. The zero-order chi connectivity index (χ0) is 12.7. The van der Waals surface area contributed by atoms with E-state index in [1.54, 1.807) is 7.11 Å². The van der Waals surface area contributed by atoms with Crippen LogP contribution < -0.4 is 5.32 Å². The van der Waals surface area contributed by atoms with Crippen molar-refractivity contribution in [3.8, 4) is 0 Å². The molecule has 0 saturated carbocycles. The second kappa shape index (κ2) is 8.06. The predicted molar refractivity (Wildman–Crippen MR) is 73.4 cm³/mol. The van der Waals surface area contributed by atoms with Crippen molar-refractivity contribution in [1.29, 1.82) is 0 Å². The summed E-state index contributed by atoms with van der Waals surface area (Å²) in [6.45, 7) is 7.99. The van der Waals surface area contributed by atoms with E-state index >= 15 is 0 Å². The average molecular weight is 242 g/mol. The van der Waals surface area contributed by atoms with Gasteiger partial charge in [0.1, 0.15) is 0 Å². The number of ether oxygens (including phenoxy) is 1. The molecule has 0 aromatic heterocycles. The first-order valence-electron chi connectivity index (χ1n) is 7.07. The van der Waals surface area contributed by atoms with Crippen LogP contribution in [-0.4, -0.2) is 50.8 Å². The van der Waals surface area contributed by atoms with Gasteiger partial charge in [0.25, 0.3) is 0 Å². The Balaban J connectivity index is 2.10. The summed E-state index contributed by atoms with van der Waals surface area (Å²) < 4.78 is 5.06. The zero-order valence-electron chi connectivity index (χ0n) is 12.0. The Labute approximate surface area is 107 Å². The molecule has 0 radical (unpaired) electrons. The van der Waals surface area contributed by atoms with Crippen LogP contribution in [0.4, 0.5) is 0 Å². The van der Waals surface area contributed by atoms with Gasteiger partial charge in [-0.05, 0) is 52.1 Å². The van der Waals surface area contributed by atoms with Crippen molar-refractivity contribution in [3.63, 3.8) is 0 Å². The van der Waals surface area contributed by atoms with E-state index < -0.39 is 0 Å². The van der Waals surface area contributed by atoms with Crippen LogP contribution >= 0.6 is 0 Å². The molecule has 3 nitrogen and oxygen atoms in total. The van der Waals surface area contributed by atoms with Crippen molar-refractivity contribution in [2.24, 2.45) is 5.92 Å². The summed E-state index contributed by atoms with van der Waals surface area (Å²) in [6, 6.07) is 1.43. The highest BCUT2D eigenvalue weighted by Gasteiger charge is 2.27. The minimum atomic E-state index is 0.712. The second-order valence-electron chi connectivity index (χ2n) is 5.62. The maximum absolute atomic E-state index is 5.06. The molecule has 0 aromatic carbocycles. The van der Waals surface area contributed by atoms with Gasteiger partial charge in [-0.15, -0.1) is 0 Å². The number of piperidine rings is 1. The third kappa shape index (κ3) is 5.36. The van der Waals surface area contributed by atoms with Crippen molar-refractivity contribution in [3.05, 3.63) is 0 Å². The number of rotatable bonds is 7. The monoisotopic (exact) mass is 242 g/mol. The van der Waals surface area contributed by atoms with Crippen LogP contribution in [0.1, 0.15) is 39.5 Å². The number of unbranched alkanes of at least 4 members (excludes halogenated alkanes) is 2. The normalized spacial score (nSPS) is 30.7. The van der Waals surface area contributed by atoms with Crippen molar-refractivity contribution in [1.82, 2.24) is 10.2 Å². The Bertz CT molecular complexity index is 199. The van der Waals surface area contributed by atoms with Crippen molar-refractivity contribution in [2.75, 3.05) is 33.9 Å². The molecule has 0 aliphatic carbocycles. The molecular formula is C14H30N2O. The molecule has 1 fully saturated rings. The third-order valence-corrected chi connectivity index (χ3v) is 4.04. The molecule has 1 aliphatic heterocycles. The van der Waals surface area contributed by atoms with E-state index in [1.165, 1.54) is 32.2 Å². The average Bonchev–Trinajstić information content (AvgIpc) is 2.30. The van der Waals surface area contributed by atoms with Gasteiger partial charge in [-0.2, -0.15) is 0 Å². The van der Waals surface area contributed by atoms with Crippen LogP contribution in [0.15, 0.2) is 0 Å². The highest BCUT2D eigenvalue weighted by molar-refractivity contribution is 4.85. The third-order valence-electron chi connectivity index (χ3n) is 4.04. The summed E-state index contributed by atoms with van der Waals surface area (Å²) in [5.41, 5.74) is 0. The Kier molecular flexibility index (Phi) is 7.09. The molecule has 102 valence electrons. The Morgan fingerprint density at radius 3 is 2.71 bits per heavy atom. The van der Waals surface area contributed by atoms with Gasteiger partial charge in [-0.25, -0.2) is 0 Å². The zero-order valence-corrected chi connectivity index (χ0v) is 12.0. The lowest BCUT2D eigenvalue weighted by Gasteiger charge is -2.40. The quantitative estimate of drug-likeness (QED) is 0.692. The Hall–Kier alpha value is -0.120. The molecule has 0 amide bonds. The first kappa shape index (κ1) is 14.9. The number of hydrogen-bond acceptors (Lipinski definition) is 3. The second-order valence-corrected chi connectivity index (χ2v) is 5.62. The number of methoxy groups -OCH3 is 1. The number of likely N-dealkylation sites (tertiary alicyclic amines) is 1. The minimum Gasteiger partial charge on any atom is -0.385 e. The fourth-order valence-electron chi connectivity index (χ4n) is 2.66. The van der Waals surface area contributed by atoms with E-state index in [9.17, 15) is 0 Å². The molecule has 1 N–H and O–H groups in total. The summed E-state index contributed by atoms with van der Waals surface area (Å²) in [4.78, 5) is 2.47. The van der Waals surface area contributed by atoms with Crippen LogP contribution in [0.25, 0.3) is 0 Å². The summed E-state index contributed by atoms with van der Waals surface area (Å²) >= 11 is 0. The van der Waals surface area contributed by atoms with Gasteiger partial charge in [0.15, 0.2) is 0 Å². The van der Waals surface area contributed by atoms with Crippen LogP contribution in [-0.2, 0) is 4.74 Å². The maximum Gasteiger partial charge on any atom is 0.0462 e. The smallest absolute Gasteiger partial charge is 0.0462 e. The molecular weight excluding hydrogens is 212 g/mol. The molecule has 0 aromatic rings. The lowest BCUT2D eigenvalue weighted by atomic mass is 9.90. The van der Waals surface area contributed by atoms with Crippen LogP contribution in [0.2, 0.25) is 0 Å². The molecule has 1 heterocycles. The molecule has 1 rings (SSSR count).